The number of halogens is 2. The molecule has 2 aromatic rings. The number of ether oxygens (including phenoxy) is 2. The highest BCUT2D eigenvalue weighted by Gasteiger charge is 2.35. The summed E-state index contributed by atoms with van der Waals surface area (Å²) in [4.78, 5) is 26.7. The van der Waals surface area contributed by atoms with Gasteiger partial charge in [-0.15, -0.1) is 0 Å². The Morgan fingerprint density at radius 2 is 1.87 bits per heavy atom. The van der Waals surface area contributed by atoms with Crippen LogP contribution in [0.15, 0.2) is 54.0 Å². The Bertz CT molecular complexity index is 1020. The molecule has 1 aliphatic heterocycles. The Labute approximate surface area is 189 Å². The van der Waals surface area contributed by atoms with Gasteiger partial charge >= 0.3 is 0 Å². The summed E-state index contributed by atoms with van der Waals surface area (Å²) < 4.78 is 11.2. The first-order valence-corrected chi connectivity index (χ1v) is 10.7. The molecule has 0 aliphatic carbocycles. The number of rotatable bonds is 8. The average molecular weight is 464 g/mol. The Balaban J connectivity index is 1.81. The molecule has 30 heavy (non-hydrogen) atoms. The molecule has 0 saturated carbocycles. The Hall–Kier alpha value is -2.41. The number of carbonyl (C=O) groups excluding carboxylic acids is 2. The van der Waals surface area contributed by atoms with Crippen LogP contribution in [-0.2, 0) is 11.3 Å². The number of hydrogen-bond acceptors (Lipinski definition) is 5. The fourth-order valence-corrected chi connectivity index (χ4v) is 3.92. The second-order valence-electron chi connectivity index (χ2n) is 6.26. The van der Waals surface area contributed by atoms with Crippen LogP contribution in [0.25, 0.3) is 6.08 Å². The van der Waals surface area contributed by atoms with Gasteiger partial charge in [0.1, 0.15) is 6.61 Å². The first kappa shape index (κ1) is 22.3. The SMILES string of the molecule is C=CCOc1ccc(/C=C2/SC(=O)N(Cc3ccc(Cl)c(Cl)c3)C2=O)cc1OCC. The van der Waals surface area contributed by atoms with Crippen LogP contribution in [0.4, 0.5) is 4.79 Å². The number of hydrogen-bond donors (Lipinski definition) is 0. The van der Waals surface area contributed by atoms with E-state index < -0.39 is 0 Å². The van der Waals surface area contributed by atoms with Gasteiger partial charge in [0.05, 0.1) is 28.1 Å². The molecule has 0 radical (unpaired) electrons. The number of carbonyl (C=O) groups is 2. The lowest BCUT2D eigenvalue weighted by Gasteiger charge is -2.13. The predicted octanol–water partition coefficient (Wildman–Crippen LogP) is 6.19. The molecule has 5 nitrogen and oxygen atoms in total. The van der Waals surface area contributed by atoms with Crippen LogP contribution in [-0.4, -0.2) is 29.3 Å². The summed E-state index contributed by atoms with van der Waals surface area (Å²) in [5.41, 5.74) is 1.44. The van der Waals surface area contributed by atoms with E-state index in [-0.39, 0.29) is 17.7 Å². The monoisotopic (exact) mass is 463 g/mol. The van der Waals surface area contributed by atoms with Gasteiger partial charge in [0, 0.05) is 0 Å². The topological polar surface area (TPSA) is 55.8 Å². The van der Waals surface area contributed by atoms with Gasteiger partial charge in [0.15, 0.2) is 11.5 Å². The van der Waals surface area contributed by atoms with E-state index in [1.54, 1.807) is 48.6 Å². The highest BCUT2D eigenvalue weighted by atomic mass is 35.5. The minimum atomic E-state index is -0.360. The van der Waals surface area contributed by atoms with Gasteiger partial charge in [-0.1, -0.05) is 48.0 Å². The van der Waals surface area contributed by atoms with E-state index in [0.29, 0.717) is 39.7 Å². The third kappa shape index (κ3) is 5.19. The Morgan fingerprint density at radius 1 is 1.07 bits per heavy atom. The molecule has 2 aromatic carbocycles. The van der Waals surface area contributed by atoms with Crippen molar-refractivity contribution in [1.29, 1.82) is 0 Å². The number of amides is 2. The molecule has 1 aliphatic rings. The number of thioether (sulfide) groups is 1. The molecule has 2 amide bonds. The van der Waals surface area contributed by atoms with Crippen molar-refractivity contribution in [2.45, 2.75) is 13.5 Å². The molecule has 0 bridgehead atoms. The van der Waals surface area contributed by atoms with Gasteiger partial charge in [0.2, 0.25) is 0 Å². The van der Waals surface area contributed by atoms with E-state index >= 15 is 0 Å². The average Bonchev–Trinajstić information content (AvgIpc) is 2.98. The molecule has 0 unspecified atom stereocenters. The first-order valence-electron chi connectivity index (χ1n) is 9.12. The van der Waals surface area contributed by atoms with E-state index in [1.165, 1.54) is 4.90 Å². The number of benzene rings is 2. The van der Waals surface area contributed by atoms with Crippen LogP contribution in [0.3, 0.4) is 0 Å². The van der Waals surface area contributed by atoms with Crippen LogP contribution in [0.5, 0.6) is 11.5 Å². The van der Waals surface area contributed by atoms with Crippen molar-refractivity contribution in [2.24, 2.45) is 0 Å². The standard InChI is InChI=1S/C22H19Cl2NO4S/c1-3-9-29-18-8-6-14(11-19(18)28-4-2)12-20-21(26)25(22(27)30-20)13-15-5-7-16(23)17(24)10-15/h3,5-8,10-12H,1,4,9,13H2,2H3/b20-12+. The molecule has 1 fully saturated rings. The van der Waals surface area contributed by atoms with Gasteiger partial charge in [-0.2, -0.15) is 0 Å². The summed E-state index contributed by atoms with van der Waals surface area (Å²) in [5, 5.41) is 0.451. The van der Waals surface area contributed by atoms with E-state index in [1.807, 2.05) is 6.92 Å². The second kappa shape index (κ2) is 10.1. The van der Waals surface area contributed by atoms with Crippen LogP contribution < -0.4 is 9.47 Å². The first-order chi connectivity index (χ1) is 14.4. The molecule has 0 N–H and O–H groups in total. The van der Waals surface area contributed by atoms with Crippen molar-refractivity contribution in [3.05, 3.63) is 75.1 Å². The molecule has 8 heteroatoms. The summed E-state index contributed by atoms with van der Waals surface area (Å²) in [6.45, 7) is 6.45. The molecule has 0 spiro atoms. The quantitative estimate of drug-likeness (QED) is 0.344. The van der Waals surface area contributed by atoms with E-state index in [0.717, 1.165) is 22.9 Å². The van der Waals surface area contributed by atoms with Crippen LogP contribution >= 0.6 is 35.0 Å². The molecule has 1 saturated heterocycles. The zero-order valence-corrected chi connectivity index (χ0v) is 18.5. The Kier molecular flexibility index (Phi) is 7.48. The van der Waals surface area contributed by atoms with Crippen molar-refractivity contribution in [3.8, 4) is 11.5 Å². The zero-order chi connectivity index (χ0) is 21.7. The third-order valence-corrected chi connectivity index (χ3v) is 5.77. The molecule has 3 rings (SSSR count). The second-order valence-corrected chi connectivity index (χ2v) is 8.06. The highest BCUT2D eigenvalue weighted by Crippen LogP contribution is 2.36. The highest BCUT2D eigenvalue weighted by molar-refractivity contribution is 8.18. The van der Waals surface area contributed by atoms with Crippen molar-refractivity contribution < 1.29 is 19.1 Å². The van der Waals surface area contributed by atoms with Crippen LogP contribution in [0, 0.1) is 0 Å². The van der Waals surface area contributed by atoms with E-state index in [9.17, 15) is 9.59 Å². The minimum Gasteiger partial charge on any atom is -0.490 e. The van der Waals surface area contributed by atoms with Crippen molar-refractivity contribution >= 4 is 52.2 Å². The lowest BCUT2D eigenvalue weighted by Crippen LogP contribution is -2.27. The summed E-state index contributed by atoms with van der Waals surface area (Å²) >= 11 is 12.8. The van der Waals surface area contributed by atoms with Crippen molar-refractivity contribution in [3.63, 3.8) is 0 Å². The lowest BCUT2D eigenvalue weighted by atomic mass is 10.1. The zero-order valence-electron chi connectivity index (χ0n) is 16.2. The minimum absolute atomic E-state index is 0.122. The van der Waals surface area contributed by atoms with Gasteiger partial charge in [-0.05, 0) is 60.2 Å². The molecular weight excluding hydrogens is 445 g/mol. The van der Waals surface area contributed by atoms with Gasteiger partial charge in [-0.25, -0.2) is 0 Å². The van der Waals surface area contributed by atoms with Crippen LogP contribution in [0.1, 0.15) is 18.1 Å². The maximum absolute atomic E-state index is 12.8. The molecule has 1 heterocycles. The fourth-order valence-electron chi connectivity index (χ4n) is 2.76. The molecular formula is C22H19Cl2NO4S. The largest absolute Gasteiger partial charge is 0.490 e. The Morgan fingerprint density at radius 3 is 2.57 bits per heavy atom. The lowest BCUT2D eigenvalue weighted by molar-refractivity contribution is -0.123. The van der Waals surface area contributed by atoms with E-state index in [4.69, 9.17) is 32.7 Å². The maximum atomic E-state index is 12.8. The molecule has 156 valence electrons. The van der Waals surface area contributed by atoms with Gasteiger partial charge < -0.3 is 9.47 Å². The summed E-state index contributed by atoms with van der Waals surface area (Å²) in [6.07, 6.45) is 3.31. The maximum Gasteiger partial charge on any atom is 0.293 e. The van der Waals surface area contributed by atoms with Gasteiger partial charge in [-0.3, -0.25) is 14.5 Å². The summed E-state index contributed by atoms with van der Waals surface area (Å²) in [5.74, 6) is 0.783. The smallest absolute Gasteiger partial charge is 0.293 e. The summed E-state index contributed by atoms with van der Waals surface area (Å²) in [6, 6.07) is 10.4. The molecule has 0 aromatic heterocycles. The van der Waals surface area contributed by atoms with Crippen molar-refractivity contribution in [1.82, 2.24) is 4.90 Å². The van der Waals surface area contributed by atoms with Gasteiger partial charge in [0.25, 0.3) is 11.1 Å². The fraction of sp³-hybridized carbons (Fsp3) is 0.182. The van der Waals surface area contributed by atoms with Crippen molar-refractivity contribution in [2.75, 3.05) is 13.2 Å². The molecule has 0 atom stereocenters. The summed E-state index contributed by atoms with van der Waals surface area (Å²) in [7, 11) is 0. The number of nitrogens with zero attached hydrogens (tertiary/aromatic N) is 1. The normalized spacial score (nSPS) is 15.0. The number of imide groups is 1. The van der Waals surface area contributed by atoms with Crippen LogP contribution in [0.2, 0.25) is 10.0 Å². The third-order valence-electron chi connectivity index (χ3n) is 4.12. The predicted molar refractivity (Wildman–Crippen MR) is 121 cm³/mol. The van der Waals surface area contributed by atoms with E-state index in [2.05, 4.69) is 6.58 Å².